The van der Waals surface area contributed by atoms with Crippen LogP contribution >= 0.6 is 0 Å². The van der Waals surface area contributed by atoms with Crippen molar-refractivity contribution >= 4 is 72.7 Å². The summed E-state index contributed by atoms with van der Waals surface area (Å²) in [5.74, 6) is 0. The minimum Gasteiger partial charge on any atom is -0.455 e. The van der Waals surface area contributed by atoms with E-state index in [4.69, 9.17) is 4.42 Å². The molecule has 0 saturated carbocycles. The summed E-state index contributed by atoms with van der Waals surface area (Å²) in [5, 5.41) is 6.74. The predicted molar refractivity (Wildman–Crippen MR) is 214 cm³/mol. The van der Waals surface area contributed by atoms with E-state index < -0.39 is 0 Å². The molecular weight excluding hydrogens is 607 g/mol. The van der Waals surface area contributed by atoms with Gasteiger partial charge in [0.25, 0.3) is 0 Å². The molecule has 9 aromatic rings. The lowest BCUT2D eigenvalue weighted by molar-refractivity contribution is 0.676. The summed E-state index contributed by atoms with van der Waals surface area (Å²) in [4.78, 5) is 2.36. The number of rotatable bonds is 7. The van der Waals surface area contributed by atoms with Crippen LogP contribution in [0.3, 0.4) is 0 Å². The summed E-state index contributed by atoms with van der Waals surface area (Å²) in [6.07, 6.45) is 3.79. The Morgan fingerprint density at radius 2 is 1.12 bits per heavy atom. The molecule has 1 aromatic heterocycles. The lowest BCUT2D eigenvalue weighted by Gasteiger charge is -2.29. The third kappa shape index (κ3) is 4.81. The highest BCUT2D eigenvalue weighted by atomic mass is 16.3. The molecular formula is C48H33NO. The van der Waals surface area contributed by atoms with Crippen LogP contribution in [-0.2, 0) is 0 Å². The van der Waals surface area contributed by atoms with Crippen LogP contribution in [0.2, 0.25) is 0 Å². The summed E-state index contributed by atoms with van der Waals surface area (Å²) in [7, 11) is 0. The molecule has 2 nitrogen and oxygen atoms in total. The van der Waals surface area contributed by atoms with Gasteiger partial charge in [-0.2, -0.15) is 0 Å². The van der Waals surface area contributed by atoms with Gasteiger partial charge in [0.1, 0.15) is 11.2 Å². The van der Waals surface area contributed by atoms with E-state index in [1.54, 1.807) is 0 Å². The number of hydrogen-bond donors (Lipinski definition) is 0. The third-order valence-electron chi connectivity index (χ3n) is 9.77. The minimum atomic E-state index is 0.904. The van der Waals surface area contributed by atoms with Crippen LogP contribution in [0.4, 0.5) is 17.1 Å². The van der Waals surface area contributed by atoms with E-state index in [-0.39, 0.29) is 0 Å². The van der Waals surface area contributed by atoms with Gasteiger partial charge in [0, 0.05) is 38.5 Å². The number of anilines is 3. The Hall–Kier alpha value is -6.64. The van der Waals surface area contributed by atoms with E-state index in [1.165, 1.54) is 5.56 Å². The summed E-state index contributed by atoms with van der Waals surface area (Å²) >= 11 is 0. The van der Waals surface area contributed by atoms with Gasteiger partial charge >= 0.3 is 0 Å². The molecule has 0 aliphatic heterocycles. The first-order valence-corrected chi connectivity index (χ1v) is 16.9. The van der Waals surface area contributed by atoms with E-state index in [0.717, 1.165) is 88.4 Å². The minimum absolute atomic E-state index is 0.904. The van der Waals surface area contributed by atoms with Crippen LogP contribution in [0.5, 0.6) is 0 Å². The van der Waals surface area contributed by atoms with Crippen molar-refractivity contribution in [3.05, 3.63) is 188 Å². The first-order valence-electron chi connectivity index (χ1n) is 16.9. The van der Waals surface area contributed by atoms with Crippen molar-refractivity contribution in [1.29, 1.82) is 0 Å². The molecule has 0 atom stereocenters. The molecule has 50 heavy (non-hydrogen) atoms. The molecule has 0 N–H and O–H groups in total. The molecule has 9 rings (SSSR count). The normalized spacial score (nSPS) is 11.4. The van der Waals surface area contributed by atoms with Crippen molar-refractivity contribution in [3.8, 4) is 22.3 Å². The third-order valence-corrected chi connectivity index (χ3v) is 9.77. The maximum absolute atomic E-state index is 6.90. The molecule has 0 unspecified atom stereocenters. The summed E-state index contributed by atoms with van der Waals surface area (Å²) in [6.45, 7) is 8.19. The van der Waals surface area contributed by atoms with Crippen molar-refractivity contribution in [1.82, 2.24) is 0 Å². The predicted octanol–water partition coefficient (Wildman–Crippen LogP) is 14.0. The number of fused-ring (bicyclic) bond motifs is 7. The number of furan rings is 1. The van der Waals surface area contributed by atoms with Gasteiger partial charge in [-0.1, -0.05) is 147 Å². The number of benzene rings is 8. The first kappa shape index (κ1) is 29.5. The standard InChI is InChI=1S/C48H33NO/c1-3-32-25-27-39(29-33(32)4-2)49(38-20-14-19-36(30-38)34-15-6-5-7-16-34)45-24-13-12-23-42(45)44-31-37-18-9-11-22-41(37)48-46(44)43-28-26-35-17-8-10-21-40(35)47(43)50-48/h3-31H,1-2H2. The zero-order chi connectivity index (χ0) is 33.6. The highest BCUT2D eigenvalue weighted by molar-refractivity contribution is 6.25. The Morgan fingerprint density at radius 3 is 1.94 bits per heavy atom. The molecule has 0 fully saturated rings. The molecule has 236 valence electrons. The summed E-state index contributed by atoms with van der Waals surface area (Å²) in [6, 6.07) is 58.3. The van der Waals surface area contributed by atoms with Crippen molar-refractivity contribution in [3.63, 3.8) is 0 Å². The maximum Gasteiger partial charge on any atom is 0.143 e. The van der Waals surface area contributed by atoms with E-state index >= 15 is 0 Å². The number of para-hydroxylation sites is 1. The second kappa shape index (κ2) is 12.1. The van der Waals surface area contributed by atoms with Crippen molar-refractivity contribution in [2.45, 2.75) is 0 Å². The molecule has 0 amide bonds. The van der Waals surface area contributed by atoms with Crippen LogP contribution in [0.15, 0.2) is 181 Å². The average molecular weight is 640 g/mol. The zero-order valence-corrected chi connectivity index (χ0v) is 27.5. The highest BCUT2D eigenvalue weighted by Gasteiger charge is 2.23. The Labute approximate surface area is 291 Å². The quantitative estimate of drug-likeness (QED) is 0.173. The molecule has 8 aromatic carbocycles. The number of nitrogens with zero attached hydrogens (tertiary/aromatic N) is 1. The Bertz CT molecular complexity index is 2750. The van der Waals surface area contributed by atoms with Gasteiger partial charge in [0.05, 0.1) is 5.69 Å². The lowest BCUT2D eigenvalue weighted by Crippen LogP contribution is -2.12. The fourth-order valence-corrected chi connectivity index (χ4v) is 7.39. The van der Waals surface area contributed by atoms with Gasteiger partial charge in [-0.15, -0.1) is 0 Å². The largest absolute Gasteiger partial charge is 0.455 e. The maximum atomic E-state index is 6.90. The van der Waals surface area contributed by atoms with Crippen LogP contribution in [0, 0.1) is 0 Å². The highest BCUT2D eigenvalue weighted by Crippen LogP contribution is 2.48. The average Bonchev–Trinajstić information content (AvgIpc) is 3.59. The topological polar surface area (TPSA) is 16.4 Å². The van der Waals surface area contributed by atoms with Crippen molar-refractivity contribution < 1.29 is 4.42 Å². The molecule has 0 aliphatic rings. The lowest BCUT2D eigenvalue weighted by atomic mass is 9.93. The fraction of sp³-hybridized carbons (Fsp3) is 0. The molecule has 0 aliphatic carbocycles. The van der Waals surface area contributed by atoms with E-state index in [2.05, 4.69) is 182 Å². The molecule has 0 bridgehead atoms. The Kier molecular flexibility index (Phi) is 7.14. The zero-order valence-electron chi connectivity index (χ0n) is 27.5. The van der Waals surface area contributed by atoms with Crippen LogP contribution < -0.4 is 4.90 Å². The SMILES string of the molecule is C=Cc1ccc(N(c2cccc(-c3ccccc3)c2)c2ccccc2-c2cc3ccccc3c3oc4c5ccccc5ccc4c23)cc1C=C. The van der Waals surface area contributed by atoms with Crippen molar-refractivity contribution in [2.24, 2.45) is 0 Å². The van der Waals surface area contributed by atoms with Gasteiger partial charge in [0.2, 0.25) is 0 Å². The van der Waals surface area contributed by atoms with E-state index in [9.17, 15) is 0 Å². The van der Waals surface area contributed by atoms with E-state index in [1.807, 2.05) is 12.2 Å². The van der Waals surface area contributed by atoms with Gasteiger partial charge in [-0.3, -0.25) is 0 Å². The second-order valence-electron chi connectivity index (χ2n) is 12.6. The summed E-state index contributed by atoms with van der Waals surface area (Å²) in [5.41, 5.74) is 11.6. The summed E-state index contributed by atoms with van der Waals surface area (Å²) < 4.78 is 6.90. The smallest absolute Gasteiger partial charge is 0.143 e. The molecule has 1 heterocycles. The molecule has 2 heteroatoms. The van der Waals surface area contributed by atoms with Crippen molar-refractivity contribution in [2.75, 3.05) is 4.90 Å². The van der Waals surface area contributed by atoms with Gasteiger partial charge < -0.3 is 9.32 Å². The monoisotopic (exact) mass is 639 g/mol. The number of hydrogen-bond acceptors (Lipinski definition) is 2. The molecule has 0 spiro atoms. The van der Waals surface area contributed by atoms with Gasteiger partial charge in [-0.25, -0.2) is 0 Å². The van der Waals surface area contributed by atoms with Crippen LogP contribution in [0.1, 0.15) is 11.1 Å². The first-order chi connectivity index (χ1) is 24.7. The van der Waals surface area contributed by atoms with Crippen LogP contribution in [-0.4, -0.2) is 0 Å². The van der Waals surface area contributed by atoms with Crippen LogP contribution in [0.25, 0.3) is 77.9 Å². The molecule has 0 saturated heterocycles. The van der Waals surface area contributed by atoms with E-state index in [0.29, 0.717) is 0 Å². The van der Waals surface area contributed by atoms with Gasteiger partial charge in [-0.05, 0) is 81.1 Å². The Morgan fingerprint density at radius 1 is 0.440 bits per heavy atom. The van der Waals surface area contributed by atoms with Gasteiger partial charge in [0.15, 0.2) is 0 Å². The fourth-order valence-electron chi connectivity index (χ4n) is 7.39. The second-order valence-corrected chi connectivity index (χ2v) is 12.6. The Balaban J connectivity index is 1.36. The molecule has 0 radical (unpaired) electrons.